The highest BCUT2D eigenvalue weighted by Crippen LogP contribution is 1.72. The zero-order valence-corrected chi connectivity index (χ0v) is 7.02. The molecule has 66 valence electrons. The van der Waals surface area contributed by atoms with Crippen LogP contribution in [0.4, 0.5) is 0 Å². The zero-order valence-electron chi connectivity index (χ0n) is 7.02. The van der Waals surface area contributed by atoms with Crippen molar-refractivity contribution in [2.75, 3.05) is 26.2 Å². The van der Waals surface area contributed by atoms with E-state index in [4.69, 9.17) is 5.73 Å². The zero-order chi connectivity index (χ0) is 8.53. The molecular formula is C7H17N3O. The second kappa shape index (κ2) is 7.50. The first-order valence-electron chi connectivity index (χ1n) is 3.92. The maximum Gasteiger partial charge on any atom is 0.216 e. The van der Waals surface area contributed by atoms with Crippen LogP contribution in [-0.4, -0.2) is 32.1 Å². The van der Waals surface area contributed by atoms with Gasteiger partial charge in [-0.25, -0.2) is 0 Å². The van der Waals surface area contributed by atoms with Gasteiger partial charge in [-0.05, 0) is 13.0 Å². The SMILES string of the molecule is CC(=O)NCCCNCCN. The molecule has 0 aliphatic carbocycles. The van der Waals surface area contributed by atoms with Gasteiger partial charge in [-0.15, -0.1) is 0 Å². The van der Waals surface area contributed by atoms with Crippen LogP contribution in [-0.2, 0) is 4.79 Å². The average Bonchev–Trinajstić information content (AvgIpc) is 1.96. The third kappa shape index (κ3) is 9.39. The Morgan fingerprint density at radius 2 is 2.09 bits per heavy atom. The quantitative estimate of drug-likeness (QED) is 0.438. The maximum absolute atomic E-state index is 10.4. The Morgan fingerprint density at radius 3 is 2.64 bits per heavy atom. The molecular weight excluding hydrogens is 142 g/mol. The van der Waals surface area contributed by atoms with Crippen LogP contribution in [0.25, 0.3) is 0 Å². The van der Waals surface area contributed by atoms with Crippen molar-refractivity contribution in [3.8, 4) is 0 Å². The lowest BCUT2D eigenvalue weighted by molar-refractivity contribution is -0.118. The van der Waals surface area contributed by atoms with Crippen LogP contribution in [0.3, 0.4) is 0 Å². The number of amides is 1. The van der Waals surface area contributed by atoms with Crippen LogP contribution in [0.15, 0.2) is 0 Å². The summed E-state index contributed by atoms with van der Waals surface area (Å²) in [4.78, 5) is 10.4. The lowest BCUT2D eigenvalue weighted by Crippen LogP contribution is -2.27. The first kappa shape index (κ1) is 10.4. The molecule has 0 saturated heterocycles. The minimum absolute atomic E-state index is 0.0313. The molecule has 1 amide bonds. The Morgan fingerprint density at radius 1 is 1.36 bits per heavy atom. The highest BCUT2D eigenvalue weighted by molar-refractivity contribution is 5.72. The van der Waals surface area contributed by atoms with E-state index in [1.54, 1.807) is 0 Å². The van der Waals surface area contributed by atoms with Crippen molar-refractivity contribution in [3.63, 3.8) is 0 Å². The first-order valence-corrected chi connectivity index (χ1v) is 3.92. The smallest absolute Gasteiger partial charge is 0.216 e. The number of carbonyl (C=O) groups excluding carboxylic acids is 1. The third-order valence-electron chi connectivity index (χ3n) is 1.23. The van der Waals surface area contributed by atoms with E-state index in [1.807, 2.05) is 0 Å². The van der Waals surface area contributed by atoms with E-state index >= 15 is 0 Å². The van der Waals surface area contributed by atoms with E-state index in [2.05, 4.69) is 10.6 Å². The number of hydrogen-bond acceptors (Lipinski definition) is 3. The minimum atomic E-state index is 0.0313. The maximum atomic E-state index is 10.4. The number of carbonyl (C=O) groups is 1. The van der Waals surface area contributed by atoms with Crippen molar-refractivity contribution in [1.82, 2.24) is 10.6 Å². The molecule has 0 aromatic rings. The van der Waals surface area contributed by atoms with Gasteiger partial charge in [-0.2, -0.15) is 0 Å². The summed E-state index contributed by atoms with van der Waals surface area (Å²) >= 11 is 0. The van der Waals surface area contributed by atoms with Gasteiger partial charge in [0.05, 0.1) is 0 Å². The van der Waals surface area contributed by atoms with E-state index in [1.165, 1.54) is 6.92 Å². The van der Waals surface area contributed by atoms with Crippen molar-refractivity contribution in [1.29, 1.82) is 0 Å². The molecule has 0 saturated carbocycles. The first-order chi connectivity index (χ1) is 5.27. The summed E-state index contributed by atoms with van der Waals surface area (Å²) in [6.45, 7) is 4.69. The summed E-state index contributed by atoms with van der Waals surface area (Å²) in [5, 5.41) is 5.84. The standard InChI is InChI=1S/C7H17N3O/c1-7(11)10-5-2-4-9-6-3-8/h9H,2-6,8H2,1H3,(H,10,11). The van der Waals surface area contributed by atoms with Crippen molar-refractivity contribution >= 4 is 5.91 Å². The number of hydrogen-bond donors (Lipinski definition) is 3. The highest BCUT2D eigenvalue weighted by atomic mass is 16.1. The normalized spacial score (nSPS) is 9.64. The van der Waals surface area contributed by atoms with Gasteiger partial charge in [-0.3, -0.25) is 4.79 Å². The van der Waals surface area contributed by atoms with Crippen LogP contribution in [0.2, 0.25) is 0 Å². The van der Waals surface area contributed by atoms with Gasteiger partial charge in [0.1, 0.15) is 0 Å². The van der Waals surface area contributed by atoms with Crippen molar-refractivity contribution in [2.24, 2.45) is 5.73 Å². The Bertz CT molecular complexity index is 106. The molecule has 0 unspecified atom stereocenters. The molecule has 4 N–H and O–H groups in total. The molecule has 0 aromatic carbocycles. The van der Waals surface area contributed by atoms with Gasteiger partial charge in [0.15, 0.2) is 0 Å². The average molecular weight is 159 g/mol. The molecule has 11 heavy (non-hydrogen) atoms. The molecule has 0 aromatic heterocycles. The van der Waals surface area contributed by atoms with Gasteiger partial charge >= 0.3 is 0 Å². The fourth-order valence-electron chi connectivity index (χ4n) is 0.705. The van der Waals surface area contributed by atoms with Crippen molar-refractivity contribution in [2.45, 2.75) is 13.3 Å². The molecule has 4 nitrogen and oxygen atoms in total. The van der Waals surface area contributed by atoms with E-state index in [-0.39, 0.29) is 5.91 Å². The molecule has 0 spiro atoms. The molecule has 4 heteroatoms. The number of nitrogens with one attached hydrogen (secondary N) is 2. The Balaban J connectivity index is 2.85. The fraction of sp³-hybridized carbons (Fsp3) is 0.857. The predicted octanol–water partition coefficient (Wildman–Crippen LogP) is -0.939. The van der Waals surface area contributed by atoms with Crippen LogP contribution >= 0.6 is 0 Å². The number of rotatable bonds is 6. The Labute approximate surface area is 67.5 Å². The number of nitrogens with two attached hydrogens (primary N) is 1. The topological polar surface area (TPSA) is 67.2 Å². The lowest BCUT2D eigenvalue weighted by Gasteiger charge is -2.02. The Hall–Kier alpha value is -0.610. The molecule has 0 aliphatic heterocycles. The molecule has 0 rings (SSSR count). The van der Waals surface area contributed by atoms with E-state index in [0.29, 0.717) is 6.54 Å². The monoisotopic (exact) mass is 159 g/mol. The van der Waals surface area contributed by atoms with Gasteiger partial charge < -0.3 is 16.4 Å². The molecule has 0 heterocycles. The van der Waals surface area contributed by atoms with Gasteiger partial charge in [-0.1, -0.05) is 0 Å². The summed E-state index contributed by atoms with van der Waals surface area (Å²) in [6, 6.07) is 0. The largest absolute Gasteiger partial charge is 0.356 e. The van der Waals surface area contributed by atoms with Gasteiger partial charge in [0.2, 0.25) is 5.91 Å². The van der Waals surface area contributed by atoms with Crippen molar-refractivity contribution in [3.05, 3.63) is 0 Å². The van der Waals surface area contributed by atoms with Crippen molar-refractivity contribution < 1.29 is 4.79 Å². The summed E-state index contributed by atoms with van der Waals surface area (Å²) in [6.07, 6.45) is 0.958. The predicted molar refractivity (Wildman–Crippen MR) is 45.2 cm³/mol. The Kier molecular flexibility index (Phi) is 7.08. The minimum Gasteiger partial charge on any atom is -0.356 e. The fourth-order valence-corrected chi connectivity index (χ4v) is 0.705. The molecule has 0 aliphatic rings. The second-order valence-electron chi connectivity index (χ2n) is 2.38. The summed E-state index contributed by atoms with van der Waals surface area (Å²) in [5.41, 5.74) is 5.26. The third-order valence-corrected chi connectivity index (χ3v) is 1.23. The van der Waals surface area contributed by atoms with E-state index in [0.717, 1.165) is 26.1 Å². The highest BCUT2D eigenvalue weighted by Gasteiger charge is 1.89. The molecule has 0 fully saturated rings. The lowest BCUT2D eigenvalue weighted by atomic mass is 10.4. The van der Waals surface area contributed by atoms with Gasteiger partial charge in [0.25, 0.3) is 0 Å². The van der Waals surface area contributed by atoms with Gasteiger partial charge in [0, 0.05) is 26.6 Å². The van der Waals surface area contributed by atoms with E-state index < -0.39 is 0 Å². The van der Waals surface area contributed by atoms with Crippen LogP contribution in [0, 0.1) is 0 Å². The summed E-state index contributed by atoms with van der Waals surface area (Å²) in [7, 11) is 0. The second-order valence-corrected chi connectivity index (χ2v) is 2.38. The molecule has 0 atom stereocenters. The van der Waals surface area contributed by atoms with E-state index in [9.17, 15) is 4.79 Å². The molecule has 0 radical (unpaired) electrons. The summed E-state index contributed by atoms with van der Waals surface area (Å²) < 4.78 is 0. The van der Waals surface area contributed by atoms with Crippen LogP contribution in [0.5, 0.6) is 0 Å². The summed E-state index contributed by atoms with van der Waals surface area (Å²) in [5.74, 6) is 0.0313. The van der Waals surface area contributed by atoms with Crippen LogP contribution in [0.1, 0.15) is 13.3 Å². The molecule has 0 bridgehead atoms. The van der Waals surface area contributed by atoms with Crippen LogP contribution < -0.4 is 16.4 Å².